The Hall–Kier alpha value is -0.130. The van der Waals surface area contributed by atoms with Crippen molar-refractivity contribution in [3.63, 3.8) is 0 Å². The maximum atomic E-state index is 11.9. The molecule has 0 amide bonds. The standard InChI is InChI=1S/C13H28N2O2S/c1-12(2)18(16,17)11-10-15(9-8-14)13-6-4-3-5-7-13/h12-13H,3-11,14H2,1-2H3. The van der Waals surface area contributed by atoms with Crippen molar-refractivity contribution < 1.29 is 8.42 Å². The van der Waals surface area contributed by atoms with Gasteiger partial charge in [0.2, 0.25) is 0 Å². The topological polar surface area (TPSA) is 63.4 Å². The van der Waals surface area contributed by atoms with E-state index in [0.717, 1.165) is 6.54 Å². The van der Waals surface area contributed by atoms with E-state index < -0.39 is 9.84 Å². The highest BCUT2D eigenvalue weighted by atomic mass is 32.2. The summed E-state index contributed by atoms with van der Waals surface area (Å²) < 4.78 is 23.7. The zero-order valence-electron chi connectivity index (χ0n) is 11.8. The fourth-order valence-corrected chi connectivity index (χ4v) is 3.53. The fourth-order valence-electron chi connectivity index (χ4n) is 2.57. The van der Waals surface area contributed by atoms with Gasteiger partial charge in [-0.15, -0.1) is 0 Å². The van der Waals surface area contributed by atoms with Gasteiger partial charge in [0.1, 0.15) is 0 Å². The van der Waals surface area contributed by atoms with Crippen LogP contribution in [0.15, 0.2) is 0 Å². The molecule has 0 radical (unpaired) electrons. The SMILES string of the molecule is CC(C)S(=O)(=O)CCN(CCN)C1CCCCC1. The van der Waals surface area contributed by atoms with Crippen LogP contribution in [0.1, 0.15) is 46.0 Å². The van der Waals surface area contributed by atoms with E-state index in [4.69, 9.17) is 5.73 Å². The predicted octanol–water partition coefficient (Wildman–Crippen LogP) is 1.40. The minimum atomic E-state index is -2.93. The second-order valence-electron chi connectivity index (χ2n) is 5.53. The van der Waals surface area contributed by atoms with E-state index in [0.29, 0.717) is 19.1 Å². The number of hydrogen-bond acceptors (Lipinski definition) is 4. The van der Waals surface area contributed by atoms with Gasteiger partial charge in [0.05, 0.1) is 11.0 Å². The maximum absolute atomic E-state index is 11.9. The van der Waals surface area contributed by atoms with Gasteiger partial charge in [-0.3, -0.25) is 4.90 Å². The molecule has 0 atom stereocenters. The highest BCUT2D eigenvalue weighted by Crippen LogP contribution is 2.22. The Labute approximate surface area is 112 Å². The largest absolute Gasteiger partial charge is 0.329 e. The molecule has 0 aromatic heterocycles. The molecule has 0 spiro atoms. The van der Waals surface area contributed by atoms with Crippen molar-refractivity contribution in [1.82, 2.24) is 4.90 Å². The molecule has 2 N–H and O–H groups in total. The Morgan fingerprint density at radius 3 is 2.28 bits per heavy atom. The molecule has 0 saturated heterocycles. The quantitative estimate of drug-likeness (QED) is 0.763. The Morgan fingerprint density at radius 1 is 1.17 bits per heavy atom. The maximum Gasteiger partial charge on any atom is 0.153 e. The van der Waals surface area contributed by atoms with Gasteiger partial charge >= 0.3 is 0 Å². The number of nitrogens with two attached hydrogens (primary N) is 1. The Bertz CT molecular complexity index is 322. The highest BCUT2D eigenvalue weighted by Gasteiger charge is 2.23. The molecular weight excluding hydrogens is 248 g/mol. The zero-order valence-corrected chi connectivity index (χ0v) is 12.6. The molecule has 1 aliphatic carbocycles. The number of nitrogens with zero attached hydrogens (tertiary/aromatic N) is 1. The molecule has 5 heteroatoms. The van der Waals surface area contributed by atoms with Gasteiger partial charge in [-0.25, -0.2) is 8.42 Å². The molecule has 108 valence electrons. The third kappa shape index (κ3) is 4.86. The van der Waals surface area contributed by atoms with Crippen LogP contribution in [0.3, 0.4) is 0 Å². The van der Waals surface area contributed by atoms with Crippen LogP contribution in [0.5, 0.6) is 0 Å². The first-order chi connectivity index (χ1) is 8.47. The fraction of sp³-hybridized carbons (Fsp3) is 1.00. The van der Waals surface area contributed by atoms with E-state index in [1.54, 1.807) is 13.8 Å². The first-order valence-electron chi connectivity index (χ1n) is 7.13. The Morgan fingerprint density at radius 2 is 1.78 bits per heavy atom. The monoisotopic (exact) mass is 276 g/mol. The summed E-state index contributed by atoms with van der Waals surface area (Å²) in [5, 5.41) is -0.274. The molecule has 1 rings (SSSR count). The van der Waals surface area contributed by atoms with Gasteiger partial charge in [-0.2, -0.15) is 0 Å². The molecule has 1 fully saturated rings. The van der Waals surface area contributed by atoms with Crippen molar-refractivity contribution in [2.24, 2.45) is 5.73 Å². The average molecular weight is 276 g/mol. The van der Waals surface area contributed by atoms with Gasteiger partial charge in [0, 0.05) is 25.7 Å². The highest BCUT2D eigenvalue weighted by molar-refractivity contribution is 7.92. The smallest absolute Gasteiger partial charge is 0.153 e. The third-order valence-corrected chi connectivity index (χ3v) is 6.08. The Kier molecular flexibility index (Phi) is 6.60. The molecule has 0 bridgehead atoms. The van der Waals surface area contributed by atoms with Crippen molar-refractivity contribution in [2.45, 2.75) is 57.2 Å². The lowest BCUT2D eigenvalue weighted by Crippen LogP contribution is -2.43. The van der Waals surface area contributed by atoms with Crippen molar-refractivity contribution in [2.75, 3.05) is 25.4 Å². The molecule has 1 aliphatic rings. The summed E-state index contributed by atoms with van der Waals surface area (Å²) in [5.41, 5.74) is 5.64. The van der Waals surface area contributed by atoms with E-state index in [-0.39, 0.29) is 11.0 Å². The van der Waals surface area contributed by atoms with Gasteiger partial charge in [-0.1, -0.05) is 19.3 Å². The second-order valence-corrected chi connectivity index (χ2v) is 8.21. The van der Waals surface area contributed by atoms with E-state index in [1.165, 1.54) is 32.1 Å². The van der Waals surface area contributed by atoms with E-state index in [2.05, 4.69) is 4.90 Å². The van der Waals surface area contributed by atoms with E-state index in [1.807, 2.05) is 0 Å². The molecule has 18 heavy (non-hydrogen) atoms. The van der Waals surface area contributed by atoms with Crippen molar-refractivity contribution in [3.05, 3.63) is 0 Å². The van der Waals surface area contributed by atoms with E-state index in [9.17, 15) is 8.42 Å². The van der Waals surface area contributed by atoms with Crippen LogP contribution < -0.4 is 5.73 Å². The third-order valence-electron chi connectivity index (χ3n) is 3.89. The zero-order chi connectivity index (χ0) is 13.6. The summed E-state index contributed by atoms with van der Waals surface area (Å²) in [5.74, 6) is 0.265. The first-order valence-corrected chi connectivity index (χ1v) is 8.84. The van der Waals surface area contributed by atoms with Crippen LogP contribution >= 0.6 is 0 Å². The summed E-state index contributed by atoms with van der Waals surface area (Å²) in [6.07, 6.45) is 6.24. The van der Waals surface area contributed by atoms with Crippen molar-refractivity contribution in [1.29, 1.82) is 0 Å². The molecule has 0 aromatic carbocycles. The van der Waals surface area contributed by atoms with Crippen LogP contribution in [0, 0.1) is 0 Å². The molecule has 4 nitrogen and oxygen atoms in total. The summed E-state index contributed by atoms with van der Waals surface area (Å²) >= 11 is 0. The van der Waals surface area contributed by atoms with E-state index >= 15 is 0 Å². The number of sulfone groups is 1. The molecule has 0 aliphatic heterocycles. The van der Waals surface area contributed by atoms with Crippen LogP contribution in [0.4, 0.5) is 0 Å². The number of hydrogen-bond donors (Lipinski definition) is 1. The first kappa shape index (κ1) is 15.9. The minimum Gasteiger partial charge on any atom is -0.329 e. The lowest BCUT2D eigenvalue weighted by molar-refractivity contribution is 0.169. The average Bonchev–Trinajstić information content (AvgIpc) is 2.35. The predicted molar refractivity (Wildman–Crippen MR) is 76.4 cm³/mol. The van der Waals surface area contributed by atoms with Crippen LogP contribution in [0.2, 0.25) is 0 Å². The lowest BCUT2D eigenvalue weighted by Gasteiger charge is -2.34. The lowest BCUT2D eigenvalue weighted by atomic mass is 9.94. The summed E-state index contributed by atoms with van der Waals surface area (Å²) in [6.45, 7) is 5.57. The molecule has 0 unspecified atom stereocenters. The molecule has 0 aromatic rings. The van der Waals surface area contributed by atoms with Crippen molar-refractivity contribution >= 4 is 9.84 Å². The normalized spacial score (nSPS) is 18.7. The van der Waals surface area contributed by atoms with Crippen molar-refractivity contribution in [3.8, 4) is 0 Å². The summed E-state index contributed by atoms with van der Waals surface area (Å²) in [6, 6.07) is 0.546. The van der Waals surface area contributed by atoms with Gasteiger partial charge in [0.25, 0.3) is 0 Å². The van der Waals surface area contributed by atoms with Crippen LogP contribution in [-0.2, 0) is 9.84 Å². The molecule has 1 saturated carbocycles. The van der Waals surface area contributed by atoms with Crippen LogP contribution in [0.25, 0.3) is 0 Å². The molecule has 0 heterocycles. The minimum absolute atomic E-state index is 0.265. The van der Waals surface area contributed by atoms with Gasteiger partial charge in [-0.05, 0) is 26.7 Å². The number of rotatable bonds is 7. The summed E-state index contributed by atoms with van der Waals surface area (Å²) in [4.78, 5) is 2.29. The summed E-state index contributed by atoms with van der Waals surface area (Å²) in [7, 11) is -2.93. The van der Waals surface area contributed by atoms with Gasteiger partial charge < -0.3 is 5.73 Å². The second kappa shape index (κ2) is 7.46. The Balaban J connectivity index is 2.52. The van der Waals surface area contributed by atoms with Crippen LogP contribution in [-0.4, -0.2) is 50.0 Å². The van der Waals surface area contributed by atoms with Gasteiger partial charge in [0.15, 0.2) is 9.84 Å². The molecular formula is C13H28N2O2S.